The third-order valence-electron chi connectivity index (χ3n) is 7.02. The predicted molar refractivity (Wildman–Crippen MR) is 156 cm³/mol. The van der Waals surface area contributed by atoms with Gasteiger partial charge in [0.2, 0.25) is 21.8 Å². The number of carboxylic acid groups (broad SMARTS) is 1. The minimum absolute atomic E-state index is 0.0335. The molecule has 2 heterocycles. The van der Waals surface area contributed by atoms with Crippen LogP contribution < -0.4 is 16.0 Å². The lowest BCUT2D eigenvalue weighted by Crippen LogP contribution is -2.50. The fourth-order valence-electron chi connectivity index (χ4n) is 4.65. The number of carbonyl (C=O) groups excluding carboxylic acids is 3. The molecule has 1 aromatic rings. The largest absolute Gasteiger partial charge is 0.481 e. The molecule has 1 aromatic heterocycles. The van der Waals surface area contributed by atoms with Gasteiger partial charge in [0, 0.05) is 31.4 Å². The van der Waals surface area contributed by atoms with Gasteiger partial charge in [-0.15, -0.1) is 0 Å². The van der Waals surface area contributed by atoms with Gasteiger partial charge in [0.05, 0.1) is 35.6 Å². The van der Waals surface area contributed by atoms with Crippen LogP contribution in [0.4, 0.5) is 0 Å². The van der Waals surface area contributed by atoms with E-state index in [4.69, 9.17) is 5.11 Å². The highest BCUT2D eigenvalue weighted by Crippen LogP contribution is 2.37. The molecule has 15 heteroatoms. The molecule has 226 valence electrons. The summed E-state index contributed by atoms with van der Waals surface area (Å²) in [5.74, 6) is -2.10. The predicted octanol–water partition coefficient (Wildman–Crippen LogP) is 0.641. The van der Waals surface area contributed by atoms with Crippen molar-refractivity contribution in [3.63, 3.8) is 0 Å². The van der Waals surface area contributed by atoms with Crippen molar-refractivity contribution in [2.45, 2.75) is 50.3 Å². The summed E-state index contributed by atoms with van der Waals surface area (Å²) >= 11 is 1.32. The maximum absolute atomic E-state index is 13.1. The lowest BCUT2D eigenvalue weighted by atomic mass is 9.94. The number of hydrogen-bond donors (Lipinski definition) is 4. The number of aliphatic carboxylic acids is 1. The number of nitrogens with zero attached hydrogens (tertiary/aromatic N) is 3. The number of carbonyl (C=O) groups is 4. The van der Waals surface area contributed by atoms with Crippen LogP contribution in [0.25, 0.3) is 0 Å². The van der Waals surface area contributed by atoms with Crippen molar-refractivity contribution in [1.82, 2.24) is 24.8 Å². The number of piperidine rings is 1. The van der Waals surface area contributed by atoms with E-state index in [0.29, 0.717) is 50.6 Å². The second kappa shape index (κ2) is 14.1. The minimum atomic E-state index is -3.52. The van der Waals surface area contributed by atoms with Crippen LogP contribution in [-0.2, 0) is 24.4 Å². The Bertz CT molecular complexity index is 1300. The van der Waals surface area contributed by atoms with Gasteiger partial charge in [-0.2, -0.15) is 0 Å². The number of aromatic nitrogens is 1. The molecule has 1 aliphatic carbocycles. The summed E-state index contributed by atoms with van der Waals surface area (Å²) in [6, 6.07) is 1.13. The van der Waals surface area contributed by atoms with E-state index in [9.17, 15) is 27.6 Å². The maximum atomic E-state index is 13.1. The number of carboxylic acids is 1. The molecule has 1 saturated heterocycles. The van der Waals surface area contributed by atoms with Gasteiger partial charge in [-0.05, 0) is 52.3 Å². The zero-order valence-corrected chi connectivity index (χ0v) is 25.1. The average Bonchev–Trinajstić information content (AvgIpc) is 3.54. The van der Waals surface area contributed by atoms with Crippen LogP contribution in [0.2, 0.25) is 0 Å². The number of thioether (sulfide) groups is 1. The van der Waals surface area contributed by atoms with Gasteiger partial charge in [0.25, 0.3) is 5.91 Å². The van der Waals surface area contributed by atoms with Crippen molar-refractivity contribution >= 4 is 50.6 Å². The molecule has 0 radical (unpaired) electrons. The summed E-state index contributed by atoms with van der Waals surface area (Å²) in [5.41, 5.74) is 0.105. The normalized spacial score (nSPS) is 21.9. The van der Waals surface area contributed by atoms with E-state index in [2.05, 4.69) is 25.8 Å². The fraction of sp³-hybridized carbons (Fsp3) is 0.577. The van der Waals surface area contributed by atoms with Gasteiger partial charge >= 0.3 is 5.97 Å². The number of amides is 3. The van der Waals surface area contributed by atoms with Crippen molar-refractivity contribution in [1.29, 1.82) is 0 Å². The molecular formula is C26H38N6O7S2. The molecule has 0 spiro atoms. The Kier molecular flexibility index (Phi) is 11.2. The molecular weight excluding hydrogens is 572 g/mol. The molecule has 4 N–H and O–H groups in total. The molecule has 0 bridgehead atoms. The van der Waals surface area contributed by atoms with E-state index < -0.39 is 32.6 Å². The smallest absolute Gasteiger partial charge is 0.304 e. The van der Waals surface area contributed by atoms with Crippen molar-refractivity contribution < 1.29 is 32.7 Å². The Balaban J connectivity index is 1.51. The monoisotopic (exact) mass is 610 g/mol. The van der Waals surface area contributed by atoms with Gasteiger partial charge in [-0.25, -0.2) is 8.42 Å². The van der Waals surface area contributed by atoms with Gasteiger partial charge < -0.3 is 26.0 Å². The molecule has 0 saturated carbocycles. The van der Waals surface area contributed by atoms with Gasteiger partial charge in [0.15, 0.2) is 5.17 Å². The standard InChI is InChI=1S/C26H38N6O7S2/c1-4-27-25(30-21(33)16-28-23(36)19-9-15-32(17-19)41(3,38)39)40-26(2)11-5-6-20(26)29-24(37)18-7-12-31(13-8-18)14-10-22(34)35/h5,9,11,15,17-18,20H,4,6-8,10,12-14,16H2,1-3H3,(H,28,36)(H,29,37)(H,34,35)(H,27,30,33)/t20-,26?/m1/s1. The van der Waals surface area contributed by atoms with E-state index in [-0.39, 0.29) is 36.4 Å². The summed E-state index contributed by atoms with van der Waals surface area (Å²) in [4.78, 5) is 55.4. The third kappa shape index (κ3) is 9.43. The second-order valence-corrected chi connectivity index (χ2v) is 13.6. The van der Waals surface area contributed by atoms with E-state index >= 15 is 0 Å². The number of likely N-dealkylation sites (tertiary alicyclic amines) is 1. The van der Waals surface area contributed by atoms with E-state index in [1.165, 1.54) is 30.2 Å². The molecule has 1 fully saturated rings. The van der Waals surface area contributed by atoms with Crippen LogP contribution in [0.5, 0.6) is 0 Å². The Labute approximate surface area is 244 Å². The van der Waals surface area contributed by atoms with Crippen LogP contribution in [0.1, 0.15) is 49.9 Å². The Morgan fingerprint density at radius 3 is 2.54 bits per heavy atom. The zero-order chi connectivity index (χ0) is 30.2. The minimum Gasteiger partial charge on any atom is -0.481 e. The molecule has 1 aliphatic heterocycles. The second-order valence-electron chi connectivity index (χ2n) is 10.2. The molecule has 3 rings (SSSR count). The summed E-state index contributed by atoms with van der Waals surface area (Å²) in [5, 5.41) is 17.6. The number of rotatable bonds is 11. The van der Waals surface area contributed by atoms with Crippen LogP contribution in [0.3, 0.4) is 0 Å². The molecule has 0 aromatic carbocycles. The summed E-state index contributed by atoms with van der Waals surface area (Å²) in [6.07, 6.45) is 9.46. The van der Waals surface area contributed by atoms with Crippen molar-refractivity contribution in [2.75, 3.05) is 39.0 Å². The zero-order valence-electron chi connectivity index (χ0n) is 23.5. The van der Waals surface area contributed by atoms with E-state index in [1.54, 1.807) is 0 Å². The summed E-state index contributed by atoms with van der Waals surface area (Å²) < 4.78 is 23.6. The first-order valence-corrected chi connectivity index (χ1v) is 16.1. The highest BCUT2D eigenvalue weighted by molar-refractivity contribution is 8.15. The Morgan fingerprint density at radius 1 is 1.22 bits per heavy atom. The third-order valence-corrected chi connectivity index (χ3v) is 9.29. The maximum Gasteiger partial charge on any atom is 0.304 e. The number of hydrogen-bond acceptors (Lipinski definition) is 9. The molecule has 2 atom stereocenters. The fourth-order valence-corrected chi connectivity index (χ4v) is 6.47. The van der Waals surface area contributed by atoms with Gasteiger partial charge in [-0.3, -0.25) is 28.1 Å². The SMILES string of the molecule is CCN=C(NC(=O)CNC(=O)c1ccn(S(C)(=O)=O)c1)SC1(C)C=CC[C@H]1NC(=O)C1CCN(CCC(=O)O)CC1. The summed E-state index contributed by atoms with van der Waals surface area (Å²) in [6.45, 7) is 5.70. The number of aliphatic imine (C=N–C) groups is 1. The average molecular weight is 611 g/mol. The van der Waals surface area contributed by atoms with Gasteiger partial charge in [-0.1, -0.05) is 23.9 Å². The molecule has 13 nitrogen and oxygen atoms in total. The molecule has 1 unspecified atom stereocenters. The Morgan fingerprint density at radius 2 is 1.93 bits per heavy atom. The van der Waals surface area contributed by atoms with Crippen molar-refractivity contribution in [3.8, 4) is 0 Å². The van der Waals surface area contributed by atoms with Crippen LogP contribution >= 0.6 is 11.8 Å². The number of amidine groups is 1. The number of nitrogens with one attached hydrogen (secondary N) is 3. The quantitative estimate of drug-likeness (QED) is 0.159. The van der Waals surface area contributed by atoms with Crippen LogP contribution in [-0.4, -0.2) is 101 Å². The first-order valence-electron chi connectivity index (χ1n) is 13.4. The molecule has 41 heavy (non-hydrogen) atoms. The lowest BCUT2D eigenvalue weighted by molar-refractivity contribution is -0.137. The topological polar surface area (TPSA) is 179 Å². The lowest BCUT2D eigenvalue weighted by Gasteiger charge is -2.35. The summed E-state index contributed by atoms with van der Waals surface area (Å²) in [7, 11) is -3.52. The molecule has 3 amide bonds. The first kappa shape index (κ1) is 32.3. The highest BCUT2D eigenvalue weighted by atomic mass is 32.2. The van der Waals surface area contributed by atoms with Crippen molar-refractivity contribution in [2.24, 2.45) is 10.9 Å². The Hall–Kier alpha value is -3.17. The van der Waals surface area contributed by atoms with E-state index in [1.807, 2.05) is 26.0 Å². The van der Waals surface area contributed by atoms with Crippen molar-refractivity contribution in [3.05, 3.63) is 36.2 Å². The highest BCUT2D eigenvalue weighted by Gasteiger charge is 2.39. The van der Waals surface area contributed by atoms with E-state index in [0.717, 1.165) is 10.2 Å². The van der Waals surface area contributed by atoms with Crippen LogP contribution in [0, 0.1) is 5.92 Å². The first-order chi connectivity index (χ1) is 19.3. The van der Waals surface area contributed by atoms with Gasteiger partial charge in [0.1, 0.15) is 0 Å². The molecule has 2 aliphatic rings. The van der Waals surface area contributed by atoms with Crippen LogP contribution in [0.15, 0.2) is 35.6 Å².